The molecule has 0 spiro atoms. The van der Waals surface area contributed by atoms with Crippen LogP contribution in [0.3, 0.4) is 0 Å². The molecule has 1 heterocycles. The lowest BCUT2D eigenvalue weighted by Crippen LogP contribution is -2.02. The van der Waals surface area contributed by atoms with E-state index in [1.807, 2.05) is 0 Å². The predicted octanol–water partition coefficient (Wildman–Crippen LogP) is 4.29. The summed E-state index contributed by atoms with van der Waals surface area (Å²) in [5, 5.41) is 14.2. The molecule has 1 aromatic carbocycles. The Hall–Kier alpha value is -1.64. The van der Waals surface area contributed by atoms with E-state index < -0.39 is 4.92 Å². The van der Waals surface area contributed by atoms with E-state index in [2.05, 4.69) is 31.2 Å². The lowest BCUT2D eigenvalue weighted by molar-refractivity contribution is -0.386. The van der Waals surface area contributed by atoms with E-state index in [1.54, 1.807) is 7.05 Å². The summed E-state index contributed by atoms with van der Waals surface area (Å²) >= 11 is 15.2. The quantitative estimate of drug-likeness (QED) is 0.473. The Balaban J connectivity index is 2.47. The summed E-state index contributed by atoms with van der Waals surface area (Å²) in [6.07, 6.45) is 1.04. The molecule has 2 rings (SSSR count). The van der Waals surface area contributed by atoms with E-state index in [9.17, 15) is 10.1 Å². The van der Waals surface area contributed by atoms with Gasteiger partial charge in [0.2, 0.25) is 5.95 Å². The number of hydrogen-bond donors (Lipinski definition) is 1. The van der Waals surface area contributed by atoms with Crippen molar-refractivity contribution in [2.45, 2.75) is 0 Å². The number of halogens is 3. The van der Waals surface area contributed by atoms with Gasteiger partial charge in [-0.05, 0) is 22.0 Å². The predicted molar refractivity (Wildman–Crippen MR) is 82.5 cm³/mol. The Labute approximate surface area is 137 Å². The number of aromatic nitrogens is 2. The number of nitrogens with one attached hydrogen (secondary N) is 1. The Morgan fingerprint density at radius 2 is 2.10 bits per heavy atom. The van der Waals surface area contributed by atoms with Crippen LogP contribution in [0.25, 0.3) is 0 Å². The van der Waals surface area contributed by atoms with Gasteiger partial charge in [0, 0.05) is 17.6 Å². The van der Waals surface area contributed by atoms with Crippen molar-refractivity contribution in [2.24, 2.45) is 0 Å². The summed E-state index contributed by atoms with van der Waals surface area (Å²) in [5.74, 6) is 0.0864. The fourth-order valence-electron chi connectivity index (χ4n) is 1.37. The summed E-state index contributed by atoms with van der Waals surface area (Å²) in [5.41, 5.74) is -0.385. The molecule has 0 unspecified atom stereocenters. The summed E-state index contributed by atoms with van der Waals surface area (Å²) in [4.78, 5) is 18.0. The van der Waals surface area contributed by atoms with Crippen LogP contribution in [0.1, 0.15) is 0 Å². The molecule has 0 aliphatic carbocycles. The van der Waals surface area contributed by atoms with E-state index in [-0.39, 0.29) is 28.3 Å². The van der Waals surface area contributed by atoms with Gasteiger partial charge >= 0.3 is 11.6 Å². The average Bonchev–Trinajstić information content (AvgIpc) is 2.44. The summed E-state index contributed by atoms with van der Waals surface area (Å²) in [6.45, 7) is 0. The summed E-state index contributed by atoms with van der Waals surface area (Å²) in [7, 11) is 1.58. The second-order valence-electron chi connectivity index (χ2n) is 3.69. The number of hydrogen-bond acceptors (Lipinski definition) is 6. The van der Waals surface area contributed by atoms with E-state index in [0.717, 1.165) is 6.20 Å². The maximum Gasteiger partial charge on any atom is 0.349 e. The Bertz CT molecular complexity index is 714. The molecule has 1 N–H and O–H groups in total. The lowest BCUT2D eigenvalue weighted by Gasteiger charge is -2.09. The van der Waals surface area contributed by atoms with Gasteiger partial charge in [0.05, 0.1) is 15.0 Å². The van der Waals surface area contributed by atoms with Crippen molar-refractivity contribution >= 4 is 50.8 Å². The van der Waals surface area contributed by atoms with E-state index >= 15 is 0 Å². The van der Waals surface area contributed by atoms with Crippen molar-refractivity contribution < 1.29 is 9.66 Å². The van der Waals surface area contributed by atoms with Crippen molar-refractivity contribution in [2.75, 3.05) is 12.4 Å². The van der Waals surface area contributed by atoms with Gasteiger partial charge in [0.1, 0.15) is 11.9 Å². The maximum absolute atomic E-state index is 11.0. The molecule has 0 amide bonds. The molecule has 1 aromatic heterocycles. The lowest BCUT2D eigenvalue weighted by atomic mass is 10.3. The number of nitrogens with zero attached hydrogens (tertiary/aromatic N) is 3. The molecule has 0 saturated carbocycles. The molecule has 7 nitrogen and oxygen atoms in total. The number of nitro groups is 1. The molecule has 0 saturated heterocycles. The molecular formula is C11H7BrCl2N4O3. The van der Waals surface area contributed by atoms with Crippen LogP contribution in [0.5, 0.6) is 11.6 Å². The first-order valence-corrected chi connectivity index (χ1v) is 6.99. The van der Waals surface area contributed by atoms with Crippen molar-refractivity contribution in [3.63, 3.8) is 0 Å². The molecule has 10 heteroatoms. The van der Waals surface area contributed by atoms with Crippen molar-refractivity contribution in [3.05, 3.63) is 43.0 Å². The van der Waals surface area contributed by atoms with Crippen LogP contribution in [0, 0.1) is 10.1 Å². The standard InChI is InChI=1S/C11H7BrCl2N4O3/c1-15-11-16-4-8(18(19)20)10(17-11)21-9-3-6(13)5(12)2-7(9)14/h2-4H,1H3,(H,15,16,17). The number of anilines is 1. The minimum absolute atomic E-state index is 0.147. The first kappa shape index (κ1) is 15.7. The third kappa shape index (κ3) is 3.52. The molecule has 0 bridgehead atoms. The second kappa shape index (κ2) is 6.42. The Morgan fingerprint density at radius 1 is 1.38 bits per heavy atom. The zero-order chi connectivity index (χ0) is 15.6. The van der Waals surface area contributed by atoms with Crippen molar-refractivity contribution in [3.8, 4) is 11.6 Å². The van der Waals surface area contributed by atoms with Gasteiger partial charge in [0.25, 0.3) is 0 Å². The molecule has 0 radical (unpaired) electrons. The summed E-state index contributed by atoms with van der Waals surface area (Å²) in [6, 6.07) is 2.95. The van der Waals surface area contributed by atoms with Crippen LogP contribution in [0.4, 0.5) is 11.6 Å². The van der Waals surface area contributed by atoms with Gasteiger partial charge < -0.3 is 10.1 Å². The monoisotopic (exact) mass is 392 g/mol. The molecule has 0 aliphatic heterocycles. The minimum Gasteiger partial charge on any atom is -0.432 e. The highest BCUT2D eigenvalue weighted by atomic mass is 79.9. The first-order valence-electron chi connectivity index (χ1n) is 5.44. The van der Waals surface area contributed by atoms with Gasteiger partial charge in [-0.2, -0.15) is 4.98 Å². The third-order valence-corrected chi connectivity index (χ3v) is 3.83. The number of benzene rings is 1. The molecule has 110 valence electrons. The van der Waals surface area contributed by atoms with Gasteiger partial charge in [-0.1, -0.05) is 23.2 Å². The van der Waals surface area contributed by atoms with Crippen LogP contribution >= 0.6 is 39.1 Å². The number of ether oxygens (including phenoxy) is 1. The van der Waals surface area contributed by atoms with E-state index in [4.69, 9.17) is 27.9 Å². The fourth-order valence-corrected chi connectivity index (χ4v) is 2.20. The van der Waals surface area contributed by atoms with Gasteiger partial charge in [0.15, 0.2) is 0 Å². The van der Waals surface area contributed by atoms with Gasteiger partial charge in [-0.3, -0.25) is 10.1 Å². The van der Waals surface area contributed by atoms with Crippen LogP contribution < -0.4 is 10.1 Å². The maximum atomic E-state index is 11.0. The average molecular weight is 394 g/mol. The largest absolute Gasteiger partial charge is 0.432 e. The minimum atomic E-state index is -0.650. The van der Waals surface area contributed by atoms with Gasteiger partial charge in [-0.15, -0.1) is 0 Å². The van der Waals surface area contributed by atoms with E-state index in [0.29, 0.717) is 9.50 Å². The molecule has 2 aromatic rings. The first-order chi connectivity index (χ1) is 9.92. The molecule has 0 aliphatic rings. The normalized spacial score (nSPS) is 10.3. The van der Waals surface area contributed by atoms with Crippen LogP contribution in [0.2, 0.25) is 10.0 Å². The van der Waals surface area contributed by atoms with Crippen LogP contribution in [-0.4, -0.2) is 21.9 Å². The SMILES string of the molecule is CNc1ncc([N+](=O)[O-])c(Oc2cc(Cl)c(Br)cc2Cl)n1. The Kier molecular flexibility index (Phi) is 4.81. The highest BCUT2D eigenvalue weighted by Crippen LogP contribution is 2.38. The van der Waals surface area contributed by atoms with Crippen LogP contribution in [-0.2, 0) is 0 Å². The molecule has 0 atom stereocenters. The Morgan fingerprint density at radius 3 is 2.71 bits per heavy atom. The smallest absolute Gasteiger partial charge is 0.349 e. The molecule has 0 fully saturated rings. The van der Waals surface area contributed by atoms with Gasteiger partial charge in [-0.25, -0.2) is 4.98 Å². The fraction of sp³-hybridized carbons (Fsp3) is 0.0909. The number of rotatable bonds is 4. The zero-order valence-corrected chi connectivity index (χ0v) is 13.5. The molecule has 21 heavy (non-hydrogen) atoms. The summed E-state index contributed by atoms with van der Waals surface area (Å²) < 4.78 is 5.99. The molecular weight excluding hydrogens is 387 g/mol. The zero-order valence-electron chi connectivity index (χ0n) is 10.4. The second-order valence-corrected chi connectivity index (χ2v) is 5.36. The van der Waals surface area contributed by atoms with Crippen LogP contribution in [0.15, 0.2) is 22.8 Å². The van der Waals surface area contributed by atoms with Crippen molar-refractivity contribution in [1.29, 1.82) is 0 Å². The van der Waals surface area contributed by atoms with Crippen molar-refractivity contribution in [1.82, 2.24) is 9.97 Å². The van der Waals surface area contributed by atoms with E-state index in [1.165, 1.54) is 12.1 Å². The third-order valence-electron chi connectivity index (χ3n) is 2.34. The highest BCUT2D eigenvalue weighted by Gasteiger charge is 2.21. The topological polar surface area (TPSA) is 90.2 Å². The highest BCUT2D eigenvalue weighted by molar-refractivity contribution is 9.10.